The molecule has 0 aromatic carbocycles. The summed E-state index contributed by atoms with van der Waals surface area (Å²) in [7, 11) is 0. The summed E-state index contributed by atoms with van der Waals surface area (Å²) >= 11 is 0. The zero-order valence-corrected chi connectivity index (χ0v) is 8.13. The Bertz CT molecular complexity index is 222. The molecule has 0 spiro atoms. The maximum absolute atomic E-state index is 13.5. The molecule has 0 N–H and O–H groups in total. The monoisotopic (exact) mass is 187 g/mol. The first-order valence-corrected chi connectivity index (χ1v) is 4.23. The molecule has 13 heavy (non-hydrogen) atoms. The van der Waals surface area contributed by atoms with Crippen LogP contribution in [0.15, 0.2) is 0 Å². The Balaban J connectivity index is 4.45. The molecule has 3 nitrogen and oxygen atoms in total. The van der Waals surface area contributed by atoms with Crippen molar-refractivity contribution in [2.24, 2.45) is 5.92 Å². The number of nitrogens with zero attached hydrogens (tertiary/aromatic N) is 1. The molecule has 4 heteroatoms. The van der Waals surface area contributed by atoms with Crippen LogP contribution in [0.2, 0.25) is 0 Å². The minimum atomic E-state index is -2.48. The third-order valence-electron chi connectivity index (χ3n) is 1.47. The third kappa shape index (κ3) is 3.41. The molecule has 0 aliphatic carbocycles. The van der Waals surface area contributed by atoms with Gasteiger partial charge in [0, 0.05) is 6.42 Å². The number of halogens is 1. The number of hydrogen-bond donors (Lipinski definition) is 0. The molecule has 1 atom stereocenters. The molecule has 0 amide bonds. The fraction of sp³-hybridized carbons (Fsp3) is 0.778. The lowest BCUT2D eigenvalue weighted by Gasteiger charge is -2.17. The molecule has 0 fully saturated rings. The summed E-state index contributed by atoms with van der Waals surface area (Å²) in [4.78, 5) is 11.0. The number of carbonyl (C=O) groups excluding carboxylic acids is 1. The minimum Gasteiger partial charge on any atom is -0.463 e. The van der Waals surface area contributed by atoms with E-state index in [4.69, 9.17) is 5.26 Å². The topological polar surface area (TPSA) is 50.1 Å². The summed E-state index contributed by atoms with van der Waals surface area (Å²) in [6.07, 6.45) is -0.123. The molecule has 0 heterocycles. The van der Waals surface area contributed by atoms with Gasteiger partial charge in [0.1, 0.15) is 6.07 Å². The summed E-state index contributed by atoms with van der Waals surface area (Å²) < 4.78 is 18.0. The van der Waals surface area contributed by atoms with E-state index in [2.05, 4.69) is 4.74 Å². The van der Waals surface area contributed by atoms with E-state index in [9.17, 15) is 9.18 Å². The molecule has 0 aliphatic rings. The number of nitriles is 1. The highest BCUT2D eigenvalue weighted by Crippen LogP contribution is 2.22. The van der Waals surface area contributed by atoms with E-state index in [1.54, 1.807) is 20.8 Å². The van der Waals surface area contributed by atoms with Gasteiger partial charge in [-0.25, -0.2) is 9.18 Å². The van der Waals surface area contributed by atoms with E-state index in [-0.39, 0.29) is 18.9 Å². The van der Waals surface area contributed by atoms with Crippen molar-refractivity contribution in [3.8, 4) is 6.07 Å². The van der Waals surface area contributed by atoms with Crippen LogP contribution in [0.25, 0.3) is 0 Å². The van der Waals surface area contributed by atoms with Crippen LogP contribution in [-0.4, -0.2) is 18.2 Å². The van der Waals surface area contributed by atoms with Gasteiger partial charge in [0.15, 0.2) is 0 Å². The van der Waals surface area contributed by atoms with Gasteiger partial charge < -0.3 is 4.74 Å². The summed E-state index contributed by atoms with van der Waals surface area (Å²) in [5.41, 5.74) is -2.48. The van der Waals surface area contributed by atoms with E-state index in [0.717, 1.165) is 0 Å². The Morgan fingerprint density at radius 1 is 1.69 bits per heavy atom. The van der Waals surface area contributed by atoms with Gasteiger partial charge in [-0.3, -0.25) is 0 Å². The maximum atomic E-state index is 13.5. The smallest absolute Gasteiger partial charge is 0.358 e. The lowest BCUT2D eigenvalue weighted by molar-refractivity contribution is -0.154. The zero-order chi connectivity index (χ0) is 10.5. The van der Waals surface area contributed by atoms with Crippen molar-refractivity contribution in [2.75, 3.05) is 6.61 Å². The van der Waals surface area contributed by atoms with Gasteiger partial charge in [-0.15, -0.1) is 0 Å². The average molecular weight is 187 g/mol. The molecule has 0 radical (unpaired) electrons. The van der Waals surface area contributed by atoms with Gasteiger partial charge in [-0.2, -0.15) is 5.26 Å². The normalized spacial score (nSPS) is 14.8. The largest absolute Gasteiger partial charge is 0.463 e. The molecule has 0 aliphatic heterocycles. The highest BCUT2D eigenvalue weighted by atomic mass is 19.1. The van der Waals surface area contributed by atoms with E-state index >= 15 is 0 Å². The van der Waals surface area contributed by atoms with Gasteiger partial charge in [0.2, 0.25) is 0 Å². The Hall–Kier alpha value is -1.11. The van der Waals surface area contributed by atoms with Crippen LogP contribution >= 0.6 is 0 Å². The van der Waals surface area contributed by atoms with Crippen LogP contribution < -0.4 is 0 Å². The first kappa shape index (κ1) is 11.9. The molecule has 0 saturated carbocycles. The molecule has 0 unspecified atom stereocenters. The van der Waals surface area contributed by atoms with Crippen LogP contribution in [0.5, 0.6) is 0 Å². The number of alkyl halides is 1. The quantitative estimate of drug-likeness (QED) is 0.631. The maximum Gasteiger partial charge on any atom is 0.358 e. The summed E-state index contributed by atoms with van der Waals surface area (Å²) in [5.74, 6) is -1.14. The first-order valence-electron chi connectivity index (χ1n) is 4.23. The van der Waals surface area contributed by atoms with Gasteiger partial charge in [-0.1, -0.05) is 13.8 Å². The van der Waals surface area contributed by atoms with Gasteiger partial charge >= 0.3 is 5.97 Å². The average Bonchev–Trinajstić information content (AvgIpc) is 2.03. The predicted molar refractivity (Wildman–Crippen MR) is 45.5 cm³/mol. The lowest BCUT2D eigenvalue weighted by atomic mass is 9.96. The molecule has 0 saturated heterocycles. The molecule has 0 aromatic rings. The number of esters is 1. The predicted octanol–water partition coefficient (Wildman–Crippen LogP) is 1.83. The third-order valence-corrected chi connectivity index (χ3v) is 1.47. The summed E-state index contributed by atoms with van der Waals surface area (Å²) in [5, 5.41) is 8.51. The van der Waals surface area contributed by atoms with E-state index in [1.165, 1.54) is 6.07 Å². The van der Waals surface area contributed by atoms with Crippen molar-refractivity contribution in [1.82, 2.24) is 0 Å². The van der Waals surface area contributed by atoms with Crippen LogP contribution in [0, 0.1) is 17.2 Å². The van der Waals surface area contributed by atoms with Crippen molar-refractivity contribution >= 4 is 5.97 Å². The Labute approximate surface area is 77.5 Å². The molecule has 0 aromatic heterocycles. The zero-order valence-electron chi connectivity index (χ0n) is 8.13. The van der Waals surface area contributed by atoms with Gasteiger partial charge in [-0.05, 0) is 12.8 Å². The van der Waals surface area contributed by atoms with Crippen molar-refractivity contribution in [2.45, 2.75) is 32.9 Å². The first-order chi connectivity index (χ1) is 5.96. The van der Waals surface area contributed by atoms with Crippen molar-refractivity contribution in [3.05, 3.63) is 0 Å². The molecule has 0 rings (SSSR count). The molecular formula is C9H14FNO2. The second-order valence-electron chi connectivity index (χ2n) is 3.23. The standard InChI is InChI=1S/C9H14FNO2/c1-4-13-8(12)9(10,6-11)5-7(2)3/h7H,4-5H2,1-3H3/t9-/m0/s1. The van der Waals surface area contributed by atoms with Crippen molar-refractivity contribution < 1.29 is 13.9 Å². The van der Waals surface area contributed by atoms with E-state index in [1.807, 2.05) is 0 Å². The number of ether oxygens (including phenoxy) is 1. The van der Waals surface area contributed by atoms with Gasteiger partial charge in [0.25, 0.3) is 5.67 Å². The van der Waals surface area contributed by atoms with Crippen LogP contribution in [0.1, 0.15) is 27.2 Å². The van der Waals surface area contributed by atoms with Crippen LogP contribution in [0.3, 0.4) is 0 Å². The highest BCUT2D eigenvalue weighted by molar-refractivity contribution is 5.82. The van der Waals surface area contributed by atoms with E-state index < -0.39 is 11.6 Å². The molecule has 74 valence electrons. The van der Waals surface area contributed by atoms with Crippen molar-refractivity contribution in [3.63, 3.8) is 0 Å². The minimum absolute atomic E-state index is 0.0611. The SMILES string of the molecule is CCOC(=O)[C@@](F)(C#N)CC(C)C. The number of hydrogen-bond acceptors (Lipinski definition) is 3. The fourth-order valence-electron chi connectivity index (χ4n) is 0.983. The summed E-state index contributed by atoms with van der Waals surface area (Å²) in [6.45, 7) is 5.14. The Kier molecular flexibility index (Phi) is 4.39. The second-order valence-corrected chi connectivity index (χ2v) is 3.23. The number of carbonyl (C=O) groups is 1. The summed E-state index contributed by atoms with van der Waals surface area (Å²) in [6, 6.07) is 1.35. The number of rotatable bonds is 4. The highest BCUT2D eigenvalue weighted by Gasteiger charge is 2.41. The van der Waals surface area contributed by atoms with Crippen molar-refractivity contribution in [1.29, 1.82) is 5.26 Å². The molecular weight excluding hydrogens is 173 g/mol. The van der Waals surface area contributed by atoms with Crippen LogP contribution in [0.4, 0.5) is 4.39 Å². The second kappa shape index (κ2) is 4.80. The van der Waals surface area contributed by atoms with Crippen LogP contribution in [-0.2, 0) is 9.53 Å². The molecule has 0 bridgehead atoms. The van der Waals surface area contributed by atoms with E-state index in [0.29, 0.717) is 0 Å². The fourth-order valence-corrected chi connectivity index (χ4v) is 0.983. The Morgan fingerprint density at radius 2 is 2.23 bits per heavy atom. The Morgan fingerprint density at radius 3 is 2.54 bits per heavy atom. The lowest BCUT2D eigenvalue weighted by Crippen LogP contribution is -2.35. The van der Waals surface area contributed by atoms with Gasteiger partial charge in [0.05, 0.1) is 6.61 Å².